The Bertz CT molecular complexity index is 385. The number of nitrogens with one attached hydrogen (secondary N) is 1. The molecule has 1 fully saturated rings. The van der Waals surface area contributed by atoms with Gasteiger partial charge >= 0.3 is 6.18 Å². The normalized spacial score (nSPS) is 20.4. The summed E-state index contributed by atoms with van der Waals surface area (Å²) in [7, 11) is 1.36. The molecule has 0 bridgehead atoms. The van der Waals surface area contributed by atoms with E-state index in [-0.39, 0.29) is 11.8 Å². The van der Waals surface area contributed by atoms with E-state index in [0.717, 1.165) is 19.0 Å². The van der Waals surface area contributed by atoms with Crippen LogP contribution in [0.4, 0.5) is 13.2 Å². The fourth-order valence-electron chi connectivity index (χ4n) is 1.77. The second-order valence-electron chi connectivity index (χ2n) is 3.75. The molecule has 0 aromatic heterocycles. The summed E-state index contributed by atoms with van der Waals surface area (Å²) in [6, 6.07) is 3.92. The molecule has 1 aromatic rings. The first-order valence-electron chi connectivity index (χ1n) is 5.01. The van der Waals surface area contributed by atoms with Crippen molar-refractivity contribution in [3.05, 3.63) is 29.3 Å². The van der Waals surface area contributed by atoms with E-state index in [2.05, 4.69) is 5.32 Å². The van der Waals surface area contributed by atoms with Gasteiger partial charge in [-0.15, -0.1) is 0 Å². The second kappa shape index (κ2) is 3.97. The number of hydrogen-bond donors (Lipinski definition) is 1. The third kappa shape index (κ3) is 2.00. The van der Waals surface area contributed by atoms with Crippen LogP contribution in [0.1, 0.15) is 23.6 Å². The molecule has 0 amide bonds. The van der Waals surface area contributed by atoms with E-state index in [1.54, 1.807) is 6.07 Å². The zero-order chi connectivity index (χ0) is 11.8. The van der Waals surface area contributed by atoms with Crippen molar-refractivity contribution in [3.63, 3.8) is 0 Å². The van der Waals surface area contributed by atoms with E-state index >= 15 is 0 Å². The van der Waals surface area contributed by atoms with Gasteiger partial charge in [-0.3, -0.25) is 0 Å². The number of alkyl halides is 3. The van der Waals surface area contributed by atoms with Crippen molar-refractivity contribution in [1.82, 2.24) is 5.32 Å². The fourth-order valence-corrected chi connectivity index (χ4v) is 1.77. The Kier molecular flexibility index (Phi) is 2.80. The highest BCUT2D eigenvalue weighted by Crippen LogP contribution is 2.38. The lowest BCUT2D eigenvalue weighted by Gasteiger charge is -2.30. The second-order valence-corrected chi connectivity index (χ2v) is 3.75. The summed E-state index contributed by atoms with van der Waals surface area (Å²) in [5.74, 6) is 0.232. The molecule has 88 valence electrons. The lowest BCUT2D eigenvalue weighted by molar-refractivity contribution is -0.138. The summed E-state index contributed by atoms with van der Waals surface area (Å²) in [4.78, 5) is 0. The number of hydrogen-bond acceptors (Lipinski definition) is 2. The van der Waals surface area contributed by atoms with Gasteiger partial charge in [-0.1, -0.05) is 6.07 Å². The van der Waals surface area contributed by atoms with Gasteiger partial charge in [0.2, 0.25) is 0 Å². The molecule has 1 aliphatic heterocycles. The third-order valence-electron chi connectivity index (χ3n) is 2.77. The zero-order valence-electron chi connectivity index (χ0n) is 8.77. The van der Waals surface area contributed by atoms with Crippen molar-refractivity contribution >= 4 is 0 Å². The van der Waals surface area contributed by atoms with Gasteiger partial charge in [-0.05, 0) is 30.7 Å². The van der Waals surface area contributed by atoms with Gasteiger partial charge < -0.3 is 10.1 Å². The van der Waals surface area contributed by atoms with Crippen LogP contribution in [-0.2, 0) is 6.18 Å². The Morgan fingerprint density at radius 1 is 1.38 bits per heavy atom. The lowest BCUT2D eigenvalue weighted by atomic mass is 9.93. The van der Waals surface area contributed by atoms with Crippen molar-refractivity contribution in [1.29, 1.82) is 0 Å². The average molecular weight is 231 g/mol. The van der Waals surface area contributed by atoms with Crippen LogP contribution in [0.2, 0.25) is 0 Å². The molecule has 2 rings (SSSR count). The minimum atomic E-state index is -4.33. The smallest absolute Gasteiger partial charge is 0.416 e. The van der Waals surface area contributed by atoms with Gasteiger partial charge in [-0.2, -0.15) is 13.2 Å². The zero-order valence-corrected chi connectivity index (χ0v) is 8.77. The molecule has 0 aliphatic carbocycles. The van der Waals surface area contributed by atoms with E-state index in [1.165, 1.54) is 13.2 Å². The Labute approximate surface area is 91.4 Å². The van der Waals surface area contributed by atoms with Gasteiger partial charge in [-0.25, -0.2) is 0 Å². The minimum absolute atomic E-state index is 0.178. The molecule has 0 unspecified atom stereocenters. The maximum Gasteiger partial charge on any atom is 0.416 e. The molecule has 2 nitrogen and oxygen atoms in total. The van der Waals surface area contributed by atoms with Crippen LogP contribution in [0.25, 0.3) is 0 Å². The maximum absolute atomic E-state index is 12.8. The van der Waals surface area contributed by atoms with E-state index in [4.69, 9.17) is 4.74 Å². The molecule has 0 spiro atoms. The predicted molar refractivity (Wildman–Crippen MR) is 53.4 cm³/mol. The molecular formula is C11H12F3NO. The first-order chi connectivity index (χ1) is 7.52. The summed E-state index contributed by atoms with van der Waals surface area (Å²) in [6.07, 6.45) is -3.59. The quantitative estimate of drug-likeness (QED) is 0.845. The van der Waals surface area contributed by atoms with Crippen molar-refractivity contribution in [2.45, 2.75) is 18.6 Å². The molecule has 1 heterocycles. The molecule has 1 atom stereocenters. The van der Waals surface area contributed by atoms with Crippen molar-refractivity contribution in [3.8, 4) is 5.75 Å². The van der Waals surface area contributed by atoms with Gasteiger partial charge in [0.25, 0.3) is 0 Å². The Balaban J connectivity index is 2.42. The van der Waals surface area contributed by atoms with Crippen LogP contribution in [0.15, 0.2) is 18.2 Å². The number of halogens is 3. The molecular weight excluding hydrogens is 219 g/mol. The first kappa shape index (κ1) is 11.3. The third-order valence-corrected chi connectivity index (χ3v) is 2.77. The van der Waals surface area contributed by atoms with Gasteiger partial charge in [0.15, 0.2) is 0 Å². The number of methoxy groups -OCH3 is 1. The Morgan fingerprint density at radius 2 is 2.06 bits per heavy atom. The molecule has 16 heavy (non-hydrogen) atoms. The first-order valence-corrected chi connectivity index (χ1v) is 5.01. The van der Waals surface area contributed by atoms with Crippen LogP contribution >= 0.6 is 0 Å². The van der Waals surface area contributed by atoms with E-state index in [1.807, 2.05) is 0 Å². The SMILES string of the molecule is COc1ccc([C@H]2CCN2)c(C(F)(F)F)c1. The summed E-state index contributed by atoms with van der Waals surface area (Å²) in [5, 5.41) is 2.97. The fraction of sp³-hybridized carbons (Fsp3) is 0.455. The van der Waals surface area contributed by atoms with Crippen LogP contribution in [0, 0.1) is 0 Å². The topological polar surface area (TPSA) is 21.3 Å². The van der Waals surface area contributed by atoms with E-state index in [9.17, 15) is 13.2 Å². The van der Waals surface area contributed by atoms with Crippen molar-refractivity contribution < 1.29 is 17.9 Å². The summed E-state index contributed by atoms with van der Waals surface area (Å²) >= 11 is 0. The summed E-state index contributed by atoms with van der Waals surface area (Å²) in [5.41, 5.74) is -0.302. The average Bonchev–Trinajstić information content (AvgIpc) is 2.14. The van der Waals surface area contributed by atoms with E-state index in [0.29, 0.717) is 5.56 Å². The molecule has 0 radical (unpaired) electrons. The molecule has 1 aromatic carbocycles. The lowest BCUT2D eigenvalue weighted by Crippen LogP contribution is -2.36. The monoisotopic (exact) mass is 231 g/mol. The van der Waals surface area contributed by atoms with Gasteiger partial charge in [0.05, 0.1) is 12.7 Å². The molecule has 1 N–H and O–H groups in total. The van der Waals surface area contributed by atoms with Crippen LogP contribution in [0.3, 0.4) is 0 Å². The molecule has 5 heteroatoms. The highest BCUT2D eigenvalue weighted by atomic mass is 19.4. The molecule has 1 aliphatic rings. The van der Waals surface area contributed by atoms with Gasteiger partial charge in [0.1, 0.15) is 5.75 Å². The molecule has 0 saturated carbocycles. The van der Waals surface area contributed by atoms with Gasteiger partial charge in [0, 0.05) is 6.04 Å². The minimum Gasteiger partial charge on any atom is -0.497 e. The van der Waals surface area contributed by atoms with Crippen LogP contribution < -0.4 is 10.1 Å². The maximum atomic E-state index is 12.8. The Hall–Kier alpha value is -1.23. The highest BCUT2D eigenvalue weighted by Gasteiger charge is 2.36. The summed E-state index contributed by atoms with van der Waals surface area (Å²) < 4.78 is 43.2. The number of rotatable bonds is 2. The number of benzene rings is 1. The summed E-state index contributed by atoms with van der Waals surface area (Å²) in [6.45, 7) is 0.772. The van der Waals surface area contributed by atoms with E-state index < -0.39 is 11.7 Å². The largest absolute Gasteiger partial charge is 0.497 e. The standard InChI is InChI=1S/C11H12F3NO/c1-16-7-2-3-8(10-4-5-15-10)9(6-7)11(12,13)14/h2-3,6,10,15H,4-5H2,1H3/t10-/m1/s1. The van der Waals surface area contributed by atoms with Crippen LogP contribution in [0.5, 0.6) is 5.75 Å². The predicted octanol–water partition coefficient (Wildman–Crippen LogP) is 2.75. The van der Waals surface area contributed by atoms with Crippen molar-refractivity contribution in [2.75, 3.05) is 13.7 Å². The number of ether oxygens (including phenoxy) is 1. The van der Waals surface area contributed by atoms with Crippen molar-refractivity contribution in [2.24, 2.45) is 0 Å². The Morgan fingerprint density at radius 3 is 2.50 bits per heavy atom. The molecule has 1 saturated heterocycles. The van der Waals surface area contributed by atoms with Crippen LogP contribution in [-0.4, -0.2) is 13.7 Å². The highest BCUT2D eigenvalue weighted by molar-refractivity contribution is 5.40.